The number of halogens is 2. The zero-order valence-electron chi connectivity index (χ0n) is 16.7. The molecule has 1 spiro atoms. The van der Waals surface area contributed by atoms with E-state index in [1.165, 1.54) is 17.0 Å². The molecule has 0 unspecified atom stereocenters. The van der Waals surface area contributed by atoms with Crippen LogP contribution < -0.4 is 16.0 Å². The van der Waals surface area contributed by atoms with E-state index in [2.05, 4.69) is 16.0 Å². The minimum atomic E-state index is -0.757. The van der Waals surface area contributed by atoms with E-state index in [1.54, 1.807) is 30.3 Å². The molecule has 3 amide bonds. The molecule has 0 aromatic heterocycles. The molecule has 9 heteroatoms. The van der Waals surface area contributed by atoms with Crippen molar-refractivity contribution in [1.82, 2.24) is 15.5 Å². The van der Waals surface area contributed by atoms with Crippen LogP contribution in [0.25, 0.3) is 0 Å². The highest BCUT2D eigenvalue weighted by Gasteiger charge is 2.40. The molecule has 3 N–H and O–H groups in total. The van der Waals surface area contributed by atoms with Gasteiger partial charge in [-0.1, -0.05) is 23.7 Å². The zero-order chi connectivity index (χ0) is 22.0. The Bertz CT molecular complexity index is 1030. The van der Waals surface area contributed by atoms with Gasteiger partial charge < -0.3 is 20.9 Å². The maximum atomic E-state index is 13.0. The summed E-state index contributed by atoms with van der Waals surface area (Å²) in [6.45, 7) is 0.497. The molecule has 0 bridgehead atoms. The van der Waals surface area contributed by atoms with E-state index in [9.17, 15) is 18.8 Å². The van der Waals surface area contributed by atoms with Crippen LogP contribution in [0.3, 0.4) is 0 Å². The van der Waals surface area contributed by atoms with E-state index >= 15 is 0 Å². The zero-order valence-corrected chi connectivity index (χ0v) is 17.5. The average molecular weight is 445 g/mol. The van der Waals surface area contributed by atoms with Crippen molar-refractivity contribution in [3.63, 3.8) is 0 Å². The van der Waals surface area contributed by atoms with Gasteiger partial charge in [-0.2, -0.15) is 0 Å². The van der Waals surface area contributed by atoms with E-state index in [1.807, 2.05) is 0 Å². The molecule has 2 aromatic carbocycles. The van der Waals surface area contributed by atoms with Gasteiger partial charge in [0.1, 0.15) is 11.5 Å². The molecular weight excluding hydrogens is 423 g/mol. The van der Waals surface area contributed by atoms with Gasteiger partial charge in [-0.05, 0) is 42.3 Å². The SMILES string of the molecule is O=C(CN1CC[C@]2(CCC1=O)NC(=O)c1cc(Cl)ccc1N2)NCc1ccc(F)cc1. The fourth-order valence-electron chi connectivity index (χ4n) is 3.89. The second-order valence-corrected chi connectivity index (χ2v) is 8.26. The number of hydrogen-bond donors (Lipinski definition) is 3. The van der Waals surface area contributed by atoms with Crippen LogP contribution in [0.1, 0.15) is 35.2 Å². The van der Waals surface area contributed by atoms with E-state index in [4.69, 9.17) is 11.6 Å². The fourth-order valence-corrected chi connectivity index (χ4v) is 4.06. The Hall–Kier alpha value is -3.13. The third-order valence-electron chi connectivity index (χ3n) is 5.62. The molecule has 2 aliphatic heterocycles. The molecule has 162 valence electrons. The first kappa shape index (κ1) is 21.1. The lowest BCUT2D eigenvalue weighted by Gasteiger charge is -2.40. The lowest BCUT2D eigenvalue weighted by Crippen LogP contribution is -2.58. The minimum Gasteiger partial charge on any atom is -0.362 e. The van der Waals surface area contributed by atoms with Gasteiger partial charge in [0, 0.05) is 36.6 Å². The Labute approximate surface area is 183 Å². The second kappa shape index (κ2) is 8.55. The van der Waals surface area contributed by atoms with Gasteiger partial charge in [0.05, 0.1) is 12.1 Å². The van der Waals surface area contributed by atoms with Crippen LogP contribution in [-0.4, -0.2) is 41.4 Å². The van der Waals surface area contributed by atoms with Crippen molar-refractivity contribution < 1.29 is 18.8 Å². The van der Waals surface area contributed by atoms with Crippen LogP contribution in [-0.2, 0) is 16.1 Å². The summed E-state index contributed by atoms with van der Waals surface area (Å²) >= 11 is 5.99. The summed E-state index contributed by atoms with van der Waals surface area (Å²) in [5.41, 5.74) is 1.15. The summed E-state index contributed by atoms with van der Waals surface area (Å²) in [5, 5.41) is 9.56. The maximum Gasteiger partial charge on any atom is 0.255 e. The van der Waals surface area contributed by atoms with Crippen LogP contribution in [0.2, 0.25) is 5.02 Å². The van der Waals surface area contributed by atoms with Crippen molar-refractivity contribution in [1.29, 1.82) is 0 Å². The van der Waals surface area contributed by atoms with Crippen LogP contribution in [0.4, 0.5) is 10.1 Å². The molecule has 2 aliphatic rings. The third kappa shape index (κ3) is 4.80. The van der Waals surface area contributed by atoms with E-state index in [0.29, 0.717) is 35.7 Å². The lowest BCUT2D eigenvalue weighted by molar-refractivity contribution is -0.135. The number of fused-ring (bicyclic) bond motifs is 1. The number of nitrogens with zero attached hydrogens (tertiary/aromatic N) is 1. The standard InChI is InChI=1S/C22H22ClFN4O3/c23-15-3-6-18-17(11-15)21(31)27-22(26-18)8-7-20(30)28(10-9-22)13-19(29)25-12-14-1-4-16(24)5-2-14/h1-6,11,26H,7-10,12-13H2,(H,25,29)(H,27,31)/t22-/m0/s1. The van der Waals surface area contributed by atoms with Crippen LogP contribution in [0.5, 0.6) is 0 Å². The van der Waals surface area contributed by atoms with E-state index < -0.39 is 5.66 Å². The first-order valence-corrected chi connectivity index (χ1v) is 10.4. The molecule has 1 atom stereocenters. The topological polar surface area (TPSA) is 90.5 Å². The summed E-state index contributed by atoms with van der Waals surface area (Å²) < 4.78 is 13.0. The Morgan fingerprint density at radius 2 is 1.90 bits per heavy atom. The first-order chi connectivity index (χ1) is 14.8. The fraction of sp³-hybridized carbons (Fsp3) is 0.318. The highest BCUT2D eigenvalue weighted by Crippen LogP contribution is 2.33. The van der Waals surface area contributed by atoms with Crippen molar-refractivity contribution in [3.05, 3.63) is 64.4 Å². The Balaban J connectivity index is 1.37. The summed E-state index contributed by atoms with van der Waals surface area (Å²) in [5.74, 6) is -1.02. The Morgan fingerprint density at radius 1 is 1.13 bits per heavy atom. The van der Waals surface area contributed by atoms with Gasteiger partial charge >= 0.3 is 0 Å². The molecule has 4 rings (SSSR count). The molecule has 0 aliphatic carbocycles. The second-order valence-electron chi connectivity index (χ2n) is 7.82. The predicted octanol–water partition coefficient (Wildman–Crippen LogP) is 2.66. The summed E-state index contributed by atoms with van der Waals surface area (Å²) in [6, 6.07) is 10.9. The number of rotatable bonds is 4. The highest BCUT2D eigenvalue weighted by molar-refractivity contribution is 6.31. The third-order valence-corrected chi connectivity index (χ3v) is 5.85. The lowest BCUT2D eigenvalue weighted by atomic mass is 9.95. The summed E-state index contributed by atoms with van der Waals surface area (Å²) in [7, 11) is 0. The van der Waals surface area contributed by atoms with E-state index in [0.717, 1.165) is 5.56 Å². The highest BCUT2D eigenvalue weighted by atomic mass is 35.5. The molecule has 0 saturated carbocycles. The van der Waals surface area contributed by atoms with Gasteiger partial charge in [-0.3, -0.25) is 14.4 Å². The van der Waals surface area contributed by atoms with Crippen molar-refractivity contribution in [3.8, 4) is 0 Å². The Kier molecular flexibility index (Phi) is 5.82. The van der Waals surface area contributed by atoms with Crippen LogP contribution in [0.15, 0.2) is 42.5 Å². The molecular formula is C22H22ClFN4O3. The smallest absolute Gasteiger partial charge is 0.255 e. The molecule has 31 heavy (non-hydrogen) atoms. The van der Waals surface area contributed by atoms with Gasteiger partial charge in [-0.15, -0.1) is 0 Å². The monoisotopic (exact) mass is 444 g/mol. The number of nitrogens with one attached hydrogen (secondary N) is 3. The quantitative estimate of drug-likeness (QED) is 0.676. The summed E-state index contributed by atoms with van der Waals surface area (Å²) in [4.78, 5) is 39.1. The van der Waals surface area contributed by atoms with Crippen LogP contribution >= 0.6 is 11.6 Å². The molecule has 1 saturated heterocycles. The van der Waals surface area contributed by atoms with Gasteiger partial charge in [0.25, 0.3) is 5.91 Å². The number of carbonyl (C=O) groups excluding carboxylic acids is 3. The van der Waals surface area contributed by atoms with E-state index in [-0.39, 0.29) is 43.0 Å². The normalized spacial score (nSPS) is 20.5. The Morgan fingerprint density at radius 3 is 2.68 bits per heavy atom. The number of hydrogen-bond acceptors (Lipinski definition) is 4. The molecule has 7 nitrogen and oxygen atoms in total. The van der Waals surface area contributed by atoms with Gasteiger partial charge in [0.2, 0.25) is 11.8 Å². The van der Waals surface area contributed by atoms with Crippen LogP contribution in [0, 0.1) is 5.82 Å². The minimum absolute atomic E-state index is 0.0732. The molecule has 1 fully saturated rings. The maximum absolute atomic E-state index is 13.0. The average Bonchev–Trinajstić information content (AvgIpc) is 2.88. The largest absolute Gasteiger partial charge is 0.362 e. The first-order valence-electron chi connectivity index (χ1n) is 10.0. The van der Waals surface area contributed by atoms with Crippen molar-refractivity contribution in [2.24, 2.45) is 0 Å². The number of benzene rings is 2. The molecule has 0 radical (unpaired) electrons. The number of carbonyl (C=O) groups is 3. The molecule has 2 heterocycles. The summed E-state index contributed by atoms with van der Waals surface area (Å²) in [6.07, 6.45) is 1.06. The van der Waals surface area contributed by atoms with Crippen molar-refractivity contribution >= 4 is 35.0 Å². The predicted molar refractivity (Wildman–Crippen MR) is 114 cm³/mol. The number of anilines is 1. The number of likely N-dealkylation sites (tertiary alicyclic amines) is 1. The van der Waals surface area contributed by atoms with Crippen molar-refractivity contribution in [2.75, 3.05) is 18.4 Å². The number of amides is 3. The van der Waals surface area contributed by atoms with Gasteiger partial charge in [0.15, 0.2) is 0 Å². The van der Waals surface area contributed by atoms with Gasteiger partial charge in [-0.25, -0.2) is 4.39 Å². The van der Waals surface area contributed by atoms with Crippen molar-refractivity contribution in [2.45, 2.75) is 31.5 Å². The molecule has 2 aromatic rings.